The molecule has 0 bridgehead atoms. The number of esters is 1. The van der Waals surface area contributed by atoms with Gasteiger partial charge in [-0.1, -0.05) is 53.8 Å². The summed E-state index contributed by atoms with van der Waals surface area (Å²) in [5.41, 5.74) is 2.04. The Bertz CT molecular complexity index is 1480. The van der Waals surface area contributed by atoms with Crippen LogP contribution in [-0.2, 0) is 9.53 Å². The van der Waals surface area contributed by atoms with Crippen molar-refractivity contribution in [3.63, 3.8) is 0 Å². The number of fused-ring (bicyclic) bond motifs is 1. The van der Waals surface area contributed by atoms with Crippen LogP contribution in [0.25, 0.3) is 12.2 Å². The number of benzene rings is 2. The zero-order valence-electron chi connectivity index (χ0n) is 18.5. The lowest BCUT2D eigenvalue weighted by Gasteiger charge is -2.21. The number of non-ortho nitro benzene ring substituents is 1. The lowest BCUT2D eigenvalue weighted by molar-refractivity contribution is -0.384. The summed E-state index contributed by atoms with van der Waals surface area (Å²) in [6.45, 7) is 3.65. The Labute approximate surface area is 198 Å². The van der Waals surface area contributed by atoms with Gasteiger partial charge in [0.2, 0.25) is 0 Å². The fourth-order valence-corrected chi connectivity index (χ4v) is 4.68. The predicted octanol–water partition coefficient (Wildman–Crippen LogP) is 3.37. The van der Waals surface area contributed by atoms with Crippen molar-refractivity contribution in [2.24, 2.45) is 4.99 Å². The number of rotatable bonds is 6. The van der Waals surface area contributed by atoms with Gasteiger partial charge in [0.25, 0.3) is 11.2 Å². The number of ether oxygens (including phenoxy) is 1. The second-order valence-electron chi connectivity index (χ2n) is 7.46. The summed E-state index contributed by atoms with van der Waals surface area (Å²) in [6.07, 6.45) is 5.32. The van der Waals surface area contributed by atoms with E-state index in [1.807, 2.05) is 36.4 Å². The fourth-order valence-electron chi connectivity index (χ4n) is 3.63. The van der Waals surface area contributed by atoms with Crippen LogP contribution in [0.3, 0.4) is 0 Å². The van der Waals surface area contributed by atoms with E-state index < -0.39 is 16.9 Å². The van der Waals surface area contributed by atoms with Crippen molar-refractivity contribution in [2.45, 2.75) is 19.9 Å². The quantitative estimate of drug-likeness (QED) is 0.309. The van der Waals surface area contributed by atoms with Gasteiger partial charge in [-0.3, -0.25) is 19.5 Å². The van der Waals surface area contributed by atoms with Crippen LogP contribution in [0, 0.1) is 10.1 Å². The zero-order chi connectivity index (χ0) is 24.2. The van der Waals surface area contributed by atoms with Crippen molar-refractivity contribution in [1.82, 2.24) is 4.57 Å². The SMILES string of the molecule is CCOC(=O)C1=C(C)N=c2s/c(=C/c3ccc([N+](=O)[O-])cc3)c(=O)n2[C@H]1/C=C/c1ccccc1. The molecule has 3 aromatic rings. The van der Waals surface area contributed by atoms with Crippen LogP contribution in [0.2, 0.25) is 0 Å². The maximum atomic E-state index is 13.4. The molecule has 172 valence electrons. The van der Waals surface area contributed by atoms with Gasteiger partial charge < -0.3 is 4.74 Å². The maximum absolute atomic E-state index is 13.4. The summed E-state index contributed by atoms with van der Waals surface area (Å²) in [5, 5.41) is 10.9. The number of aromatic nitrogens is 1. The van der Waals surface area contributed by atoms with Crippen molar-refractivity contribution >= 4 is 35.1 Å². The predicted molar refractivity (Wildman–Crippen MR) is 130 cm³/mol. The summed E-state index contributed by atoms with van der Waals surface area (Å²) in [6, 6.07) is 14.8. The van der Waals surface area contributed by atoms with E-state index >= 15 is 0 Å². The molecule has 34 heavy (non-hydrogen) atoms. The number of thiazole rings is 1. The lowest BCUT2D eigenvalue weighted by Crippen LogP contribution is -2.38. The number of nitrogens with zero attached hydrogens (tertiary/aromatic N) is 3. The first-order valence-electron chi connectivity index (χ1n) is 10.6. The van der Waals surface area contributed by atoms with Gasteiger partial charge >= 0.3 is 5.97 Å². The Hall–Kier alpha value is -4.11. The number of hydrogen-bond acceptors (Lipinski definition) is 7. The molecule has 4 rings (SSSR count). The van der Waals surface area contributed by atoms with Crippen LogP contribution in [0.1, 0.15) is 31.0 Å². The second kappa shape index (κ2) is 9.80. The summed E-state index contributed by atoms with van der Waals surface area (Å²) < 4.78 is 7.15. The van der Waals surface area contributed by atoms with Gasteiger partial charge in [0.05, 0.1) is 33.4 Å². The van der Waals surface area contributed by atoms with E-state index in [4.69, 9.17) is 4.74 Å². The molecule has 0 fully saturated rings. The Kier molecular flexibility index (Phi) is 6.65. The van der Waals surface area contributed by atoms with Crippen LogP contribution >= 0.6 is 11.3 Å². The topological polar surface area (TPSA) is 104 Å². The molecule has 0 saturated carbocycles. The van der Waals surface area contributed by atoms with Crippen LogP contribution in [0.4, 0.5) is 5.69 Å². The normalized spacial score (nSPS) is 15.8. The lowest BCUT2D eigenvalue weighted by atomic mass is 10.0. The third-order valence-corrected chi connectivity index (χ3v) is 6.21. The Morgan fingerprint density at radius 2 is 1.88 bits per heavy atom. The standard InChI is InChI=1S/C25H21N3O5S/c1-3-33-24(30)22-16(2)26-25-27(20(22)14-11-17-7-5-4-6-8-17)23(29)21(34-25)15-18-9-12-19(13-10-18)28(31)32/h4-15,20H,3H2,1-2H3/b14-11+,21-15+/t20-/m0/s1. The van der Waals surface area contributed by atoms with Crippen molar-refractivity contribution in [2.75, 3.05) is 6.61 Å². The first-order chi connectivity index (χ1) is 16.4. The van der Waals surface area contributed by atoms with Gasteiger partial charge in [0.15, 0.2) is 4.80 Å². The molecular weight excluding hydrogens is 454 g/mol. The van der Waals surface area contributed by atoms with E-state index in [9.17, 15) is 19.7 Å². The molecule has 1 aromatic heterocycles. The smallest absolute Gasteiger partial charge is 0.338 e. The number of hydrogen-bond donors (Lipinski definition) is 0. The van der Waals surface area contributed by atoms with E-state index in [0.29, 0.717) is 26.2 Å². The van der Waals surface area contributed by atoms with Crippen molar-refractivity contribution < 1.29 is 14.5 Å². The maximum Gasteiger partial charge on any atom is 0.338 e. The van der Waals surface area contributed by atoms with E-state index in [2.05, 4.69) is 4.99 Å². The molecule has 0 spiro atoms. The van der Waals surface area contributed by atoms with Crippen molar-refractivity contribution in [3.8, 4) is 0 Å². The second-order valence-corrected chi connectivity index (χ2v) is 8.47. The molecule has 0 radical (unpaired) electrons. The van der Waals surface area contributed by atoms with Gasteiger partial charge in [0.1, 0.15) is 0 Å². The van der Waals surface area contributed by atoms with Crippen molar-refractivity contribution in [1.29, 1.82) is 0 Å². The number of nitro groups is 1. The van der Waals surface area contributed by atoms with Gasteiger partial charge in [-0.25, -0.2) is 9.79 Å². The number of allylic oxidation sites excluding steroid dienone is 2. The summed E-state index contributed by atoms with van der Waals surface area (Å²) >= 11 is 1.20. The minimum absolute atomic E-state index is 0.0284. The molecule has 2 aromatic carbocycles. The Morgan fingerprint density at radius 1 is 1.18 bits per heavy atom. The largest absolute Gasteiger partial charge is 0.463 e. The molecule has 0 N–H and O–H groups in total. The molecule has 0 aliphatic carbocycles. The van der Waals surface area contributed by atoms with Crippen LogP contribution < -0.4 is 14.9 Å². The highest BCUT2D eigenvalue weighted by atomic mass is 32.1. The first-order valence-corrected chi connectivity index (χ1v) is 11.4. The highest BCUT2D eigenvalue weighted by Gasteiger charge is 2.30. The van der Waals surface area contributed by atoms with E-state index in [0.717, 1.165) is 5.56 Å². The number of nitro benzene ring substituents is 1. The summed E-state index contributed by atoms with van der Waals surface area (Å²) in [4.78, 5) is 41.6. The van der Waals surface area contributed by atoms with E-state index in [1.165, 1.54) is 28.0 Å². The molecule has 9 heteroatoms. The molecule has 2 heterocycles. The molecule has 1 aliphatic rings. The molecule has 1 atom stereocenters. The van der Waals surface area contributed by atoms with Crippen LogP contribution in [0.5, 0.6) is 0 Å². The molecule has 0 unspecified atom stereocenters. The van der Waals surface area contributed by atoms with Gasteiger partial charge in [-0.05, 0) is 43.2 Å². The molecular formula is C25H21N3O5S. The molecule has 8 nitrogen and oxygen atoms in total. The van der Waals surface area contributed by atoms with Crippen LogP contribution in [-0.4, -0.2) is 22.1 Å². The van der Waals surface area contributed by atoms with Gasteiger partial charge in [0, 0.05) is 12.1 Å². The monoisotopic (exact) mass is 475 g/mol. The van der Waals surface area contributed by atoms with Crippen LogP contribution in [0.15, 0.2) is 81.7 Å². The van der Waals surface area contributed by atoms with E-state index in [-0.39, 0.29) is 17.9 Å². The third kappa shape index (κ3) is 4.65. The third-order valence-electron chi connectivity index (χ3n) is 5.23. The highest BCUT2D eigenvalue weighted by molar-refractivity contribution is 7.07. The Balaban J connectivity index is 1.84. The minimum Gasteiger partial charge on any atom is -0.463 e. The summed E-state index contributed by atoms with van der Waals surface area (Å²) in [5.74, 6) is -0.517. The zero-order valence-corrected chi connectivity index (χ0v) is 19.3. The average Bonchev–Trinajstić information content (AvgIpc) is 3.12. The highest BCUT2D eigenvalue weighted by Crippen LogP contribution is 2.26. The average molecular weight is 476 g/mol. The first kappa shape index (κ1) is 23.1. The minimum atomic E-state index is -0.686. The number of carbonyl (C=O) groups excluding carboxylic acids is 1. The fraction of sp³-hybridized carbons (Fsp3) is 0.160. The molecule has 0 saturated heterocycles. The van der Waals surface area contributed by atoms with E-state index in [1.54, 1.807) is 38.1 Å². The Morgan fingerprint density at radius 3 is 2.53 bits per heavy atom. The number of carbonyl (C=O) groups is 1. The van der Waals surface area contributed by atoms with Gasteiger partial charge in [-0.2, -0.15) is 0 Å². The van der Waals surface area contributed by atoms with Gasteiger partial charge in [-0.15, -0.1) is 0 Å². The molecule has 0 amide bonds. The van der Waals surface area contributed by atoms with Crippen molar-refractivity contribution in [3.05, 3.63) is 113 Å². The molecule has 1 aliphatic heterocycles. The summed E-state index contributed by atoms with van der Waals surface area (Å²) in [7, 11) is 0.